The quantitative estimate of drug-likeness (QED) is 0.765. The molecule has 0 aromatic rings. The number of nitrogens with zero attached hydrogens (tertiary/aromatic N) is 2. The van der Waals surface area contributed by atoms with E-state index in [0.29, 0.717) is 13.0 Å². The Balaban J connectivity index is 2.68. The number of nitriles is 1. The maximum atomic E-state index is 12.2. The van der Waals surface area contributed by atoms with Crippen LogP contribution in [-0.4, -0.2) is 35.1 Å². The van der Waals surface area contributed by atoms with Gasteiger partial charge in [-0.3, -0.25) is 4.79 Å². The fourth-order valence-electron chi connectivity index (χ4n) is 1.80. The average Bonchev–Trinajstić information content (AvgIpc) is 2.20. The molecule has 0 aromatic carbocycles. The second kappa shape index (κ2) is 5.31. The number of aliphatic hydroxyl groups is 1. The summed E-state index contributed by atoms with van der Waals surface area (Å²) in [5.74, 6) is -0.104. The Morgan fingerprint density at radius 3 is 2.56 bits per heavy atom. The molecule has 1 aliphatic carbocycles. The standard InChI is InChI=1S/C12H20N2O2/c1-12(2,9-13)11(16)14(7-4-8-15)10-5-3-6-10/h10,15H,3-8H2,1-2H3. The van der Waals surface area contributed by atoms with Crippen LogP contribution in [0.4, 0.5) is 0 Å². The maximum Gasteiger partial charge on any atom is 0.242 e. The number of amides is 1. The van der Waals surface area contributed by atoms with Crippen molar-refractivity contribution >= 4 is 5.91 Å². The van der Waals surface area contributed by atoms with Crippen LogP contribution in [0.15, 0.2) is 0 Å². The molecule has 1 aliphatic rings. The predicted molar refractivity (Wildman–Crippen MR) is 60.4 cm³/mol. The van der Waals surface area contributed by atoms with E-state index in [2.05, 4.69) is 0 Å². The smallest absolute Gasteiger partial charge is 0.242 e. The Kier molecular flexibility index (Phi) is 4.31. The maximum absolute atomic E-state index is 12.2. The highest BCUT2D eigenvalue weighted by molar-refractivity contribution is 5.85. The molecule has 0 radical (unpaired) electrons. The summed E-state index contributed by atoms with van der Waals surface area (Å²) in [5.41, 5.74) is -0.953. The van der Waals surface area contributed by atoms with Crippen molar-refractivity contribution in [2.75, 3.05) is 13.2 Å². The topological polar surface area (TPSA) is 64.3 Å². The highest BCUT2D eigenvalue weighted by Gasteiger charge is 2.37. The second-order valence-electron chi connectivity index (χ2n) is 4.90. The third-order valence-corrected chi connectivity index (χ3v) is 3.15. The minimum absolute atomic E-state index is 0.0868. The number of carbonyl (C=O) groups excluding carboxylic acids is 1. The van der Waals surface area contributed by atoms with Gasteiger partial charge in [-0.15, -0.1) is 0 Å². The SMILES string of the molecule is CC(C)(C#N)C(=O)N(CCCO)C1CCC1. The molecule has 1 N–H and O–H groups in total. The van der Waals surface area contributed by atoms with Crippen LogP contribution in [0.1, 0.15) is 39.5 Å². The van der Waals surface area contributed by atoms with Gasteiger partial charge >= 0.3 is 0 Å². The number of carbonyl (C=O) groups is 1. The molecule has 90 valence electrons. The molecule has 0 aliphatic heterocycles. The number of rotatable bonds is 5. The van der Waals surface area contributed by atoms with Crippen LogP contribution < -0.4 is 0 Å². The Hall–Kier alpha value is -1.08. The van der Waals surface area contributed by atoms with E-state index in [4.69, 9.17) is 10.4 Å². The molecule has 1 saturated carbocycles. The zero-order chi connectivity index (χ0) is 12.2. The lowest BCUT2D eigenvalue weighted by Gasteiger charge is -2.40. The van der Waals surface area contributed by atoms with Gasteiger partial charge in [-0.25, -0.2) is 0 Å². The lowest BCUT2D eigenvalue weighted by Crippen LogP contribution is -2.49. The van der Waals surface area contributed by atoms with Crippen molar-refractivity contribution in [3.63, 3.8) is 0 Å². The fraction of sp³-hybridized carbons (Fsp3) is 0.833. The van der Waals surface area contributed by atoms with Gasteiger partial charge in [0.2, 0.25) is 5.91 Å². The van der Waals surface area contributed by atoms with Gasteiger partial charge in [0.15, 0.2) is 0 Å². The minimum Gasteiger partial charge on any atom is -0.396 e. The van der Waals surface area contributed by atoms with Gasteiger partial charge in [-0.2, -0.15) is 5.26 Å². The van der Waals surface area contributed by atoms with Gasteiger partial charge in [0.1, 0.15) is 5.41 Å². The summed E-state index contributed by atoms with van der Waals surface area (Å²) >= 11 is 0. The molecule has 1 amide bonds. The van der Waals surface area contributed by atoms with E-state index in [1.54, 1.807) is 18.7 Å². The lowest BCUT2D eigenvalue weighted by molar-refractivity contribution is -0.142. The summed E-state index contributed by atoms with van der Waals surface area (Å²) in [5, 5.41) is 17.8. The third-order valence-electron chi connectivity index (χ3n) is 3.15. The first-order chi connectivity index (χ1) is 7.53. The van der Waals surface area contributed by atoms with E-state index in [0.717, 1.165) is 19.3 Å². The molecule has 0 aromatic heterocycles. The van der Waals surface area contributed by atoms with E-state index in [1.807, 2.05) is 6.07 Å². The first kappa shape index (κ1) is 13.0. The Bertz CT molecular complexity index is 290. The molecule has 4 heteroatoms. The molecular weight excluding hydrogens is 204 g/mol. The monoisotopic (exact) mass is 224 g/mol. The molecular formula is C12H20N2O2. The molecule has 0 unspecified atom stereocenters. The molecule has 0 saturated heterocycles. The van der Waals surface area contributed by atoms with Gasteiger partial charge in [0.05, 0.1) is 6.07 Å². The minimum atomic E-state index is -0.953. The van der Waals surface area contributed by atoms with Crippen molar-refractivity contribution in [1.82, 2.24) is 4.90 Å². The summed E-state index contributed by atoms with van der Waals surface area (Å²) in [7, 11) is 0. The second-order valence-corrected chi connectivity index (χ2v) is 4.90. The molecule has 0 bridgehead atoms. The first-order valence-corrected chi connectivity index (χ1v) is 5.86. The van der Waals surface area contributed by atoms with E-state index < -0.39 is 5.41 Å². The van der Waals surface area contributed by atoms with Crippen molar-refractivity contribution in [2.45, 2.75) is 45.6 Å². The van der Waals surface area contributed by atoms with E-state index in [1.165, 1.54) is 0 Å². The summed E-state index contributed by atoms with van der Waals surface area (Å²) in [6.45, 7) is 3.95. The molecule has 4 nitrogen and oxygen atoms in total. The molecule has 0 atom stereocenters. The van der Waals surface area contributed by atoms with Crippen molar-refractivity contribution in [1.29, 1.82) is 5.26 Å². The van der Waals surface area contributed by atoms with Gasteiger partial charge in [-0.1, -0.05) is 0 Å². The van der Waals surface area contributed by atoms with E-state index >= 15 is 0 Å². The number of aliphatic hydroxyl groups excluding tert-OH is 1. The fourth-order valence-corrected chi connectivity index (χ4v) is 1.80. The number of hydrogen-bond acceptors (Lipinski definition) is 3. The Morgan fingerprint density at radius 1 is 1.56 bits per heavy atom. The van der Waals surface area contributed by atoms with Gasteiger partial charge in [0, 0.05) is 19.2 Å². The largest absolute Gasteiger partial charge is 0.396 e. The molecule has 1 rings (SSSR count). The molecule has 1 fully saturated rings. The summed E-state index contributed by atoms with van der Waals surface area (Å²) in [4.78, 5) is 13.9. The average molecular weight is 224 g/mol. The molecule has 0 spiro atoms. The zero-order valence-electron chi connectivity index (χ0n) is 10.1. The van der Waals surface area contributed by atoms with E-state index in [9.17, 15) is 4.79 Å². The van der Waals surface area contributed by atoms with Crippen LogP contribution >= 0.6 is 0 Å². The first-order valence-electron chi connectivity index (χ1n) is 5.86. The molecule has 16 heavy (non-hydrogen) atoms. The number of hydrogen-bond donors (Lipinski definition) is 1. The Morgan fingerprint density at radius 2 is 2.19 bits per heavy atom. The summed E-state index contributed by atoms with van der Waals surface area (Å²) < 4.78 is 0. The predicted octanol–water partition coefficient (Wildman–Crippen LogP) is 1.30. The van der Waals surface area contributed by atoms with Crippen molar-refractivity contribution < 1.29 is 9.90 Å². The van der Waals surface area contributed by atoms with Crippen LogP contribution in [0.3, 0.4) is 0 Å². The van der Waals surface area contributed by atoms with Gasteiger partial charge in [-0.05, 0) is 39.5 Å². The molecule has 0 heterocycles. The normalized spacial score (nSPS) is 16.4. The van der Waals surface area contributed by atoms with Gasteiger partial charge < -0.3 is 10.0 Å². The van der Waals surface area contributed by atoms with Gasteiger partial charge in [0.25, 0.3) is 0 Å². The Labute approximate surface area is 96.9 Å². The lowest BCUT2D eigenvalue weighted by atomic mass is 9.87. The van der Waals surface area contributed by atoms with E-state index in [-0.39, 0.29) is 18.6 Å². The summed E-state index contributed by atoms with van der Waals surface area (Å²) in [6, 6.07) is 2.33. The van der Waals surface area contributed by atoms with Crippen molar-refractivity contribution in [2.24, 2.45) is 5.41 Å². The van der Waals surface area contributed by atoms with Crippen molar-refractivity contribution in [3.05, 3.63) is 0 Å². The van der Waals surface area contributed by atoms with Crippen LogP contribution in [0, 0.1) is 16.7 Å². The van der Waals surface area contributed by atoms with Crippen LogP contribution in [0.2, 0.25) is 0 Å². The van der Waals surface area contributed by atoms with Crippen molar-refractivity contribution in [3.8, 4) is 6.07 Å². The van der Waals surface area contributed by atoms with Crippen LogP contribution in [0.25, 0.3) is 0 Å². The van der Waals surface area contributed by atoms with Crippen LogP contribution in [0.5, 0.6) is 0 Å². The third kappa shape index (κ3) is 2.73. The highest BCUT2D eigenvalue weighted by atomic mass is 16.3. The zero-order valence-corrected chi connectivity index (χ0v) is 10.1. The highest BCUT2D eigenvalue weighted by Crippen LogP contribution is 2.29. The summed E-state index contributed by atoms with van der Waals surface area (Å²) in [6.07, 6.45) is 3.79. The van der Waals surface area contributed by atoms with Crippen LogP contribution in [-0.2, 0) is 4.79 Å².